The van der Waals surface area contributed by atoms with Gasteiger partial charge in [0, 0.05) is 12.6 Å². The van der Waals surface area contributed by atoms with Crippen LogP contribution in [0.5, 0.6) is 5.75 Å². The Hall–Kier alpha value is -1.73. The van der Waals surface area contributed by atoms with E-state index in [-0.39, 0.29) is 0 Å². The number of methoxy groups -OCH3 is 1. The zero-order valence-electron chi connectivity index (χ0n) is 13.2. The number of nitrogens with zero attached hydrogens (tertiary/aromatic N) is 2. The van der Waals surface area contributed by atoms with Crippen molar-refractivity contribution in [2.24, 2.45) is 5.92 Å². The van der Waals surface area contributed by atoms with Gasteiger partial charge in [-0.2, -0.15) is 5.26 Å². The second-order valence-electron chi connectivity index (χ2n) is 5.72. The van der Waals surface area contributed by atoms with E-state index in [9.17, 15) is 5.26 Å². The minimum Gasteiger partial charge on any atom is -0.495 e. The molecule has 0 radical (unpaired) electrons. The van der Waals surface area contributed by atoms with Gasteiger partial charge >= 0.3 is 0 Å². The highest BCUT2D eigenvalue weighted by atomic mass is 16.5. The highest BCUT2D eigenvalue weighted by Gasteiger charge is 2.25. The molecule has 2 unspecified atom stereocenters. The monoisotopic (exact) mass is 287 g/mol. The summed E-state index contributed by atoms with van der Waals surface area (Å²) in [6.07, 6.45) is 2.49. The number of nitrogens with one attached hydrogen (secondary N) is 1. The van der Waals surface area contributed by atoms with E-state index in [0.717, 1.165) is 24.5 Å². The van der Waals surface area contributed by atoms with Crippen LogP contribution >= 0.6 is 0 Å². The third-order valence-corrected chi connectivity index (χ3v) is 4.43. The van der Waals surface area contributed by atoms with Gasteiger partial charge in [0.15, 0.2) is 0 Å². The van der Waals surface area contributed by atoms with Crippen molar-refractivity contribution in [1.29, 1.82) is 5.26 Å². The fourth-order valence-electron chi connectivity index (χ4n) is 3.08. The maximum Gasteiger partial charge on any atom is 0.143 e. The Morgan fingerprint density at radius 2 is 2.33 bits per heavy atom. The maximum atomic E-state index is 9.29. The number of benzene rings is 1. The lowest BCUT2D eigenvalue weighted by Crippen LogP contribution is -2.41. The Bertz CT molecular complexity index is 509. The SMILES string of the molecule is CCN1CCCC(C(C)Nc2c(C#N)cccc2OC)C1. The van der Waals surface area contributed by atoms with Crippen molar-refractivity contribution < 1.29 is 4.74 Å². The summed E-state index contributed by atoms with van der Waals surface area (Å²) in [5.74, 6) is 1.35. The molecule has 2 atom stereocenters. The molecule has 4 nitrogen and oxygen atoms in total. The van der Waals surface area contributed by atoms with Crippen molar-refractivity contribution >= 4 is 5.69 Å². The van der Waals surface area contributed by atoms with Crippen LogP contribution in [-0.2, 0) is 0 Å². The van der Waals surface area contributed by atoms with Crippen LogP contribution in [0.2, 0.25) is 0 Å². The van der Waals surface area contributed by atoms with E-state index in [1.54, 1.807) is 7.11 Å². The summed E-state index contributed by atoms with van der Waals surface area (Å²) in [5.41, 5.74) is 1.47. The van der Waals surface area contributed by atoms with Crippen molar-refractivity contribution in [2.45, 2.75) is 32.7 Å². The van der Waals surface area contributed by atoms with E-state index in [0.29, 0.717) is 17.5 Å². The summed E-state index contributed by atoms with van der Waals surface area (Å²) in [6.45, 7) is 7.87. The van der Waals surface area contributed by atoms with E-state index in [1.165, 1.54) is 19.4 Å². The molecule has 0 amide bonds. The van der Waals surface area contributed by atoms with E-state index < -0.39 is 0 Å². The Morgan fingerprint density at radius 3 is 3.00 bits per heavy atom. The number of likely N-dealkylation sites (tertiary alicyclic amines) is 1. The molecule has 1 aliphatic heterocycles. The van der Waals surface area contributed by atoms with Gasteiger partial charge in [-0.05, 0) is 50.9 Å². The Kier molecular flexibility index (Phi) is 5.46. The molecule has 0 aromatic heterocycles. The van der Waals surface area contributed by atoms with Gasteiger partial charge in [-0.15, -0.1) is 0 Å². The lowest BCUT2D eigenvalue weighted by atomic mass is 9.91. The quantitative estimate of drug-likeness (QED) is 0.904. The first kappa shape index (κ1) is 15.7. The molecular weight excluding hydrogens is 262 g/mol. The number of ether oxygens (including phenoxy) is 1. The first-order chi connectivity index (χ1) is 10.2. The normalized spacial score (nSPS) is 20.6. The highest BCUT2D eigenvalue weighted by Crippen LogP contribution is 2.30. The number of rotatable bonds is 5. The summed E-state index contributed by atoms with van der Waals surface area (Å²) >= 11 is 0. The minimum absolute atomic E-state index is 0.322. The molecule has 0 spiro atoms. The second kappa shape index (κ2) is 7.33. The van der Waals surface area contributed by atoms with Crippen LogP contribution in [0, 0.1) is 17.2 Å². The molecule has 1 N–H and O–H groups in total. The summed E-state index contributed by atoms with van der Waals surface area (Å²) < 4.78 is 5.39. The maximum absolute atomic E-state index is 9.29. The molecular formula is C17H25N3O. The van der Waals surface area contributed by atoms with Crippen molar-refractivity contribution in [3.63, 3.8) is 0 Å². The molecule has 1 fully saturated rings. The average molecular weight is 287 g/mol. The summed E-state index contributed by atoms with van der Waals surface area (Å²) in [6, 6.07) is 8.15. The predicted octanol–water partition coefficient (Wildman–Crippen LogP) is 3.10. The largest absolute Gasteiger partial charge is 0.495 e. The van der Waals surface area contributed by atoms with E-state index in [2.05, 4.69) is 30.1 Å². The average Bonchev–Trinajstić information content (AvgIpc) is 2.54. The summed E-state index contributed by atoms with van der Waals surface area (Å²) in [5, 5.41) is 12.8. The van der Waals surface area contributed by atoms with Crippen molar-refractivity contribution in [3.05, 3.63) is 23.8 Å². The van der Waals surface area contributed by atoms with Crippen LogP contribution in [0.3, 0.4) is 0 Å². The number of hydrogen-bond donors (Lipinski definition) is 1. The molecule has 114 valence electrons. The van der Waals surface area contributed by atoms with E-state index in [4.69, 9.17) is 4.74 Å². The van der Waals surface area contributed by atoms with Gasteiger partial charge in [0.2, 0.25) is 0 Å². The van der Waals surface area contributed by atoms with Crippen LogP contribution < -0.4 is 10.1 Å². The van der Waals surface area contributed by atoms with Gasteiger partial charge in [-0.1, -0.05) is 13.0 Å². The van der Waals surface area contributed by atoms with Crippen molar-refractivity contribution in [2.75, 3.05) is 32.1 Å². The van der Waals surface area contributed by atoms with Crippen LogP contribution in [0.1, 0.15) is 32.3 Å². The second-order valence-corrected chi connectivity index (χ2v) is 5.72. The zero-order valence-corrected chi connectivity index (χ0v) is 13.2. The standard InChI is InChI=1S/C17H25N3O/c1-4-20-10-6-8-15(12-20)13(2)19-17-14(11-18)7-5-9-16(17)21-3/h5,7,9,13,15,19H,4,6,8,10,12H2,1-3H3. The van der Waals surface area contributed by atoms with Gasteiger partial charge in [0.25, 0.3) is 0 Å². The van der Waals surface area contributed by atoms with Crippen LogP contribution in [0.25, 0.3) is 0 Å². The Morgan fingerprint density at radius 1 is 1.52 bits per heavy atom. The van der Waals surface area contributed by atoms with Crippen molar-refractivity contribution in [1.82, 2.24) is 4.90 Å². The molecule has 0 aliphatic carbocycles. The fourth-order valence-corrected chi connectivity index (χ4v) is 3.08. The third-order valence-electron chi connectivity index (χ3n) is 4.43. The molecule has 1 heterocycles. The van der Waals surface area contributed by atoms with Crippen LogP contribution in [0.15, 0.2) is 18.2 Å². The first-order valence-electron chi connectivity index (χ1n) is 7.75. The van der Waals surface area contributed by atoms with E-state index in [1.807, 2.05) is 18.2 Å². The molecule has 1 saturated heterocycles. The Balaban J connectivity index is 2.12. The van der Waals surface area contributed by atoms with Gasteiger partial charge in [0.1, 0.15) is 11.8 Å². The summed E-state index contributed by atoms with van der Waals surface area (Å²) in [4.78, 5) is 2.50. The molecule has 2 rings (SSSR count). The summed E-state index contributed by atoms with van der Waals surface area (Å²) in [7, 11) is 1.64. The van der Waals surface area contributed by atoms with Gasteiger partial charge in [-0.3, -0.25) is 0 Å². The molecule has 0 bridgehead atoms. The van der Waals surface area contributed by atoms with E-state index >= 15 is 0 Å². The molecule has 1 aromatic rings. The van der Waals surface area contributed by atoms with Gasteiger partial charge in [0.05, 0.1) is 18.4 Å². The smallest absolute Gasteiger partial charge is 0.143 e. The molecule has 1 aromatic carbocycles. The number of hydrogen-bond acceptors (Lipinski definition) is 4. The molecule has 4 heteroatoms. The van der Waals surface area contributed by atoms with Crippen molar-refractivity contribution in [3.8, 4) is 11.8 Å². The van der Waals surface area contributed by atoms with Crippen LogP contribution in [0.4, 0.5) is 5.69 Å². The first-order valence-corrected chi connectivity index (χ1v) is 7.75. The lowest BCUT2D eigenvalue weighted by Gasteiger charge is -2.36. The number of para-hydroxylation sites is 1. The number of nitriles is 1. The fraction of sp³-hybridized carbons (Fsp3) is 0.588. The van der Waals surface area contributed by atoms with Gasteiger partial charge in [-0.25, -0.2) is 0 Å². The third kappa shape index (κ3) is 3.68. The number of anilines is 1. The predicted molar refractivity (Wildman–Crippen MR) is 85.6 cm³/mol. The molecule has 0 saturated carbocycles. The van der Waals surface area contributed by atoms with Crippen LogP contribution in [-0.4, -0.2) is 37.7 Å². The molecule has 21 heavy (non-hydrogen) atoms. The zero-order chi connectivity index (χ0) is 15.2. The minimum atomic E-state index is 0.322. The van der Waals surface area contributed by atoms with Gasteiger partial charge < -0.3 is 15.0 Å². The molecule has 1 aliphatic rings. The number of piperidine rings is 1. The topological polar surface area (TPSA) is 48.3 Å². The highest BCUT2D eigenvalue weighted by molar-refractivity contribution is 5.66. The Labute approximate surface area is 127 Å². The lowest BCUT2D eigenvalue weighted by molar-refractivity contribution is 0.172.